The Morgan fingerprint density at radius 3 is 2.31 bits per heavy atom. The van der Waals surface area contributed by atoms with Gasteiger partial charge < -0.3 is 19.1 Å². The summed E-state index contributed by atoms with van der Waals surface area (Å²) >= 11 is 0. The fourth-order valence-electron chi connectivity index (χ4n) is 5.42. The van der Waals surface area contributed by atoms with Crippen LogP contribution in [-0.2, 0) is 11.3 Å². The van der Waals surface area contributed by atoms with Crippen molar-refractivity contribution >= 4 is 16.8 Å². The van der Waals surface area contributed by atoms with E-state index in [9.17, 15) is 4.79 Å². The molecule has 186 valence electrons. The molecule has 0 unspecified atom stereocenters. The van der Waals surface area contributed by atoms with E-state index < -0.39 is 0 Å². The summed E-state index contributed by atoms with van der Waals surface area (Å²) in [7, 11) is 1.71. The molecule has 0 spiro atoms. The van der Waals surface area contributed by atoms with Gasteiger partial charge in [0, 0.05) is 67.7 Å². The predicted molar refractivity (Wildman–Crippen MR) is 146 cm³/mol. The smallest absolute Gasteiger partial charge is 0.223 e. The van der Waals surface area contributed by atoms with Gasteiger partial charge in [-0.1, -0.05) is 73.7 Å². The predicted octanol–water partition coefficient (Wildman–Crippen LogP) is 5.38. The summed E-state index contributed by atoms with van der Waals surface area (Å²) in [6.45, 7) is 7.47. The van der Waals surface area contributed by atoms with Crippen LogP contribution in [0.5, 0.6) is 5.75 Å². The van der Waals surface area contributed by atoms with Gasteiger partial charge in [-0.25, -0.2) is 0 Å². The molecule has 36 heavy (non-hydrogen) atoms. The normalized spacial score (nSPS) is 15.2. The molecule has 1 aliphatic heterocycles. The Hall–Kier alpha value is -3.57. The van der Waals surface area contributed by atoms with Gasteiger partial charge in [0.2, 0.25) is 5.91 Å². The van der Waals surface area contributed by atoms with Crippen molar-refractivity contribution in [1.82, 2.24) is 14.4 Å². The monoisotopic (exact) mass is 481 g/mol. The Labute approximate surface area is 213 Å². The SMILES string of the molecule is CCN1CCN(C(=O)C[C@H](c2ccccc2OC)c2cn(Cc3ccccc3)c3ccccc23)CC1. The third kappa shape index (κ3) is 5.02. The van der Waals surface area contributed by atoms with Crippen LogP contribution in [0, 0.1) is 0 Å². The minimum absolute atomic E-state index is 0.0974. The van der Waals surface area contributed by atoms with Crippen LogP contribution in [0.15, 0.2) is 85.1 Å². The molecule has 0 aliphatic carbocycles. The number of carbonyl (C=O) groups is 1. The maximum Gasteiger partial charge on any atom is 0.223 e. The van der Waals surface area contributed by atoms with E-state index in [0.717, 1.165) is 50.6 Å². The van der Waals surface area contributed by atoms with Crippen LogP contribution in [-0.4, -0.2) is 60.1 Å². The van der Waals surface area contributed by atoms with Gasteiger partial charge in [-0.15, -0.1) is 0 Å². The number of likely N-dealkylation sites (N-methyl/N-ethyl adjacent to an activating group) is 1. The number of amides is 1. The molecule has 1 aliphatic rings. The lowest BCUT2D eigenvalue weighted by Crippen LogP contribution is -2.48. The average molecular weight is 482 g/mol. The van der Waals surface area contributed by atoms with E-state index in [2.05, 4.69) is 77.2 Å². The van der Waals surface area contributed by atoms with Crippen molar-refractivity contribution in [3.8, 4) is 5.75 Å². The van der Waals surface area contributed by atoms with Crippen LogP contribution in [0.1, 0.15) is 36.0 Å². The van der Waals surface area contributed by atoms with E-state index in [1.165, 1.54) is 22.0 Å². The fraction of sp³-hybridized carbons (Fsp3) is 0.323. The van der Waals surface area contributed by atoms with Crippen molar-refractivity contribution in [2.75, 3.05) is 39.8 Å². The van der Waals surface area contributed by atoms with E-state index in [1.54, 1.807) is 7.11 Å². The number of rotatable bonds is 8. The number of hydrogen-bond acceptors (Lipinski definition) is 3. The Bertz CT molecular complexity index is 1310. The van der Waals surface area contributed by atoms with Crippen molar-refractivity contribution in [2.24, 2.45) is 0 Å². The maximum atomic E-state index is 13.6. The average Bonchev–Trinajstić information content (AvgIpc) is 3.30. The molecule has 1 fully saturated rings. The molecule has 2 heterocycles. The minimum atomic E-state index is -0.0974. The van der Waals surface area contributed by atoms with Gasteiger partial charge in [0.25, 0.3) is 0 Å². The van der Waals surface area contributed by atoms with Crippen molar-refractivity contribution in [3.05, 3.63) is 102 Å². The third-order valence-corrected chi connectivity index (χ3v) is 7.46. The summed E-state index contributed by atoms with van der Waals surface area (Å²) < 4.78 is 8.09. The number of nitrogens with zero attached hydrogens (tertiary/aromatic N) is 3. The number of carbonyl (C=O) groups excluding carboxylic acids is 1. The quantitative estimate of drug-likeness (QED) is 0.339. The second-order valence-electron chi connectivity index (χ2n) is 9.53. The van der Waals surface area contributed by atoms with Gasteiger partial charge in [-0.3, -0.25) is 4.79 Å². The fourth-order valence-corrected chi connectivity index (χ4v) is 5.42. The highest BCUT2D eigenvalue weighted by Gasteiger charge is 2.28. The maximum absolute atomic E-state index is 13.6. The van der Waals surface area contributed by atoms with Crippen LogP contribution in [0.3, 0.4) is 0 Å². The van der Waals surface area contributed by atoms with Gasteiger partial charge >= 0.3 is 0 Å². The van der Waals surface area contributed by atoms with Crippen LogP contribution >= 0.6 is 0 Å². The van der Waals surface area contributed by atoms with E-state index in [-0.39, 0.29) is 11.8 Å². The highest BCUT2D eigenvalue weighted by Crippen LogP contribution is 2.39. The lowest BCUT2D eigenvalue weighted by Gasteiger charge is -2.35. The zero-order chi connectivity index (χ0) is 24.9. The van der Waals surface area contributed by atoms with Crippen molar-refractivity contribution in [1.29, 1.82) is 0 Å². The summed E-state index contributed by atoms with van der Waals surface area (Å²) in [5.41, 5.74) is 4.67. The van der Waals surface area contributed by atoms with Crippen LogP contribution in [0.2, 0.25) is 0 Å². The molecule has 3 aromatic carbocycles. The number of fused-ring (bicyclic) bond motifs is 1. The zero-order valence-corrected chi connectivity index (χ0v) is 21.3. The third-order valence-electron chi connectivity index (χ3n) is 7.46. The molecule has 0 radical (unpaired) electrons. The first-order valence-electron chi connectivity index (χ1n) is 12.9. The summed E-state index contributed by atoms with van der Waals surface area (Å²) in [6.07, 6.45) is 2.67. The van der Waals surface area contributed by atoms with Crippen molar-refractivity contribution in [3.63, 3.8) is 0 Å². The number of hydrogen-bond donors (Lipinski definition) is 0. The second kappa shape index (κ2) is 11.0. The molecule has 5 heteroatoms. The lowest BCUT2D eigenvalue weighted by atomic mass is 9.87. The standard InChI is InChI=1S/C31H35N3O2/c1-3-32-17-19-33(20-18-32)31(35)21-27(26-14-8-10-16-30(26)36-2)28-23-34(22-24-11-5-4-6-12-24)29-15-9-7-13-25(28)29/h4-16,23,27H,3,17-22H2,1-2H3/t27-/m1/s1. The Balaban J connectivity index is 1.54. The Morgan fingerprint density at radius 2 is 1.56 bits per heavy atom. The highest BCUT2D eigenvalue weighted by atomic mass is 16.5. The molecule has 0 bridgehead atoms. The molecule has 0 saturated carbocycles. The van der Waals surface area contributed by atoms with Gasteiger partial charge in [0.1, 0.15) is 5.75 Å². The van der Waals surface area contributed by atoms with E-state index >= 15 is 0 Å². The van der Waals surface area contributed by atoms with E-state index in [1.807, 2.05) is 29.2 Å². The van der Waals surface area contributed by atoms with E-state index in [4.69, 9.17) is 4.74 Å². The number of para-hydroxylation sites is 2. The summed E-state index contributed by atoms with van der Waals surface area (Å²) in [4.78, 5) is 18.1. The van der Waals surface area contributed by atoms with Crippen molar-refractivity contribution in [2.45, 2.75) is 25.8 Å². The molecule has 1 saturated heterocycles. The Morgan fingerprint density at radius 1 is 0.861 bits per heavy atom. The summed E-state index contributed by atoms with van der Waals surface area (Å²) in [6, 6.07) is 27.2. The number of piperazine rings is 1. The molecule has 1 aromatic heterocycles. The molecule has 5 nitrogen and oxygen atoms in total. The topological polar surface area (TPSA) is 37.7 Å². The molecule has 1 amide bonds. The number of methoxy groups -OCH3 is 1. The van der Waals surface area contributed by atoms with Gasteiger partial charge in [-0.05, 0) is 29.8 Å². The second-order valence-corrected chi connectivity index (χ2v) is 9.53. The molecule has 5 rings (SSSR count). The van der Waals surface area contributed by atoms with Gasteiger partial charge in [-0.2, -0.15) is 0 Å². The lowest BCUT2D eigenvalue weighted by molar-refractivity contribution is -0.133. The minimum Gasteiger partial charge on any atom is -0.496 e. The Kier molecular flexibility index (Phi) is 7.38. The van der Waals surface area contributed by atoms with Gasteiger partial charge in [0.05, 0.1) is 7.11 Å². The van der Waals surface area contributed by atoms with Gasteiger partial charge in [0.15, 0.2) is 0 Å². The summed E-state index contributed by atoms with van der Waals surface area (Å²) in [5.74, 6) is 0.937. The number of ether oxygens (including phenoxy) is 1. The molecular weight excluding hydrogens is 446 g/mol. The van der Waals surface area contributed by atoms with Crippen LogP contribution in [0.25, 0.3) is 10.9 Å². The van der Waals surface area contributed by atoms with Crippen molar-refractivity contribution < 1.29 is 9.53 Å². The summed E-state index contributed by atoms with van der Waals surface area (Å²) in [5, 5.41) is 1.19. The zero-order valence-electron chi connectivity index (χ0n) is 21.3. The van der Waals surface area contributed by atoms with E-state index in [0.29, 0.717) is 6.42 Å². The first-order valence-corrected chi connectivity index (χ1v) is 12.9. The van der Waals surface area contributed by atoms with Crippen LogP contribution < -0.4 is 4.74 Å². The highest BCUT2D eigenvalue weighted by molar-refractivity contribution is 5.87. The number of aromatic nitrogens is 1. The molecule has 1 atom stereocenters. The first-order chi connectivity index (χ1) is 17.7. The first kappa shape index (κ1) is 24.1. The largest absolute Gasteiger partial charge is 0.496 e. The number of benzene rings is 3. The molecule has 4 aromatic rings. The van der Waals surface area contributed by atoms with Crippen LogP contribution in [0.4, 0.5) is 0 Å². The molecular formula is C31H35N3O2. The molecule has 0 N–H and O–H groups in total.